The summed E-state index contributed by atoms with van der Waals surface area (Å²) in [5, 5.41) is 9.35. The molecule has 0 aliphatic heterocycles. The molecule has 1 N–H and O–H groups in total. The Labute approximate surface area is 124 Å². The van der Waals surface area contributed by atoms with Crippen molar-refractivity contribution in [2.45, 2.75) is 20.4 Å². The van der Waals surface area contributed by atoms with Crippen LogP contribution < -0.4 is 5.43 Å². The largest absolute Gasteiger partial charge is 0.477 e. The normalized spacial score (nSPS) is 10.6. The number of nitrogens with zero attached hydrogens (tertiary/aromatic N) is 1. The number of aromatic nitrogens is 1. The summed E-state index contributed by atoms with van der Waals surface area (Å²) in [4.78, 5) is 23.4. The topological polar surface area (TPSA) is 59.3 Å². The number of hydrogen-bond acceptors (Lipinski definition) is 2. The van der Waals surface area contributed by atoms with Crippen LogP contribution in [-0.2, 0) is 6.54 Å². The van der Waals surface area contributed by atoms with Crippen LogP contribution in [0.3, 0.4) is 0 Å². The standard InChI is InChI=1S/C15H14BrNO3/c1-3-17-9(2)8-12(18)13(15(19)20)14(17)10-4-6-11(16)7-5-10/h4-8H,3H2,1-2H3,(H,19,20). The number of rotatable bonds is 3. The summed E-state index contributed by atoms with van der Waals surface area (Å²) < 4.78 is 2.74. The molecule has 0 radical (unpaired) electrons. The zero-order valence-corrected chi connectivity index (χ0v) is 12.8. The molecule has 2 aromatic rings. The van der Waals surface area contributed by atoms with E-state index in [4.69, 9.17) is 0 Å². The van der Waals surface area contributed by atoms with E-state index in [1.165, 1.54) is 6.07 Å². The minimum atomic E-state index is -1.20. The van der Waals surface area contributed by atoms with Gasteiger partial charge in [-0.05, 0) is 31.5 Å². The molecule has 104 valence electrons. The summed E-state index contributed by atoms with van der Waals surface area (Å²) in [6.45, 7) is 4.32. The van der Waals surface area contributed by atoms with Gasteiger partial charge in [0.2, 0.25) is 0 Å². The summed E-state index contributed by atoms with van der Waals surface area (Å²) in [5.41, 5.74) is 1.28. The minimum Gasteiger partial charge on any atom is -0.477 e. The second-order valence-electron chi connectivity index (χ2n) is 4.43. The first kappa shape index (κ1) is 14.5. The lowest BCUT2D eigenvalue weighted by Gasteiger charge is -2.17. The first-order valence-corrected chi connectivity index (χ1v) is 6.98. The monoisotopic (exact) mass is 335 g/mol. The van der Waals surface area contributed by atoms with Gasteiger partial charge in [0.1, 0.15) is 5.56 Å². The lowest BCUT2D eigenvalue weighted by molar-refractivity contribution is 0.0695. The lowest BCUT2D eigenvalue weighted by atomic mass is 10.0. The molecule has 1 aromatic heterocycles. The van der Waals surface area contributed by atoms with Crippen molar-refractivity contribution in [1.29, 1.82) is 0 Å². The number of aryl methyl sites for hydroxylation is 1. The molecule has 0 aliphatic carbocycles. The third-order valence-corrected chi connectivity index (χ3v) is 3.70. The van der Waals surface area contributed by atoms with E-state index < -0.39 is 11.4 Å². The van der Waals surface area contributed by atoms with E-state index in [2.05, 4.69) is 15.9 Å². The SMILES string of the molecule is CCn1c(C)cc(=O)c(C(=O)O)c1-c1ccc(Br)cc1. The molecule has 0 amide bonds. The maximum atomic E-state index is 12.0. The molecule has 0 unspecified atom stereocenters. The van der Waals surface area contributed by atoms with E-state index >= 15 is 0 Å². The molecule has 5 heteroatoms. The molecule has 0 atom stereocenters. The average Bonchev–Trinajstić information content (AvgIpc) is 2.38. The average molecular weight is 336 g/mol. The van der Waals surface area contributed by atoms with Crippen molar-refractivity contribution in [3.63, 3.8) is 0 Å². The van der Waals surface area contributed by atoms with Crippen LogP contribution in [0.4, 0.5) is 0 Å². The quantitative estimate of drug-likeness (QED) is 0.936. The molecule has 1 heterocycles. The zero-order chi connectivity index (χ0) is 14.9. The van der Waals surface area contributed by atoms with Crippen molar-refractivity contribution in [3.8, 4) is 11.3 Å². The van der Waals surface area contributed by atoms with E-state index in [1.807, 2.05) is 23.6 Å². The first-order valence-electron chi connectivity index (χ1n) is 6.19. The van der Waals surface area contributed by atoms with Gasteiger partial charge in [-0.25, -0.2) is 4.79 Å². The Morgan fingerprint density at radius 1 is 1.30 bits per heavy atom. The summed E-state index contributed by atoms with van der Waals surface area (Å²) >= 11 is 3.35. The van der Waals surface area contributed by atoms with E-state index in [0.717, 1.165) is 10.2 Å². The second-order valence-corrected chi connectivity index (χ2v) is 5.35. The van der Waals surface area contributed by atoms with Crippen LogP contribution in [0, 0.1) is 6.92 Å². The third-order valence-electron chi connectivity index (χ3n) is 3.17. The molecule has 0 bridgehead atoms. The number of carboxylic acid groups (broad SMARTS) is 1. The smallest absolute Gasteiger partial charge is 0.341 e. The molecule has 2 rings (SSSR count). The highest BCUT2D eigenvalue weighted by Crippen LogP contribution is 2.25. The number of benzene rings is 1. The van der Waals surface area contributed by atoms with Crippen molar-refractivity contribution in [3.05, 3.63) is 56.3 Å². The van der Waals surface area contributed by atoms with Gasteiger partial charge in [0.25, 0.3) is 0 Å². The van der Waals surface area contributed by atoms with Crippen molar-refractivity contribution in [2.75, 3.05) is 0 Å². The van der Waals surface area contributed by atoms with E-state index in [9.17, 15) is 14.7 Å². The Morgan fingerprint density at radius 3 is 2.40 bits per heavy atom. The molecule has 0 saturated heterocycles. The number of halogens is 1. The fourth-order valence-corrected chi connectivity index (χ4v) is 2.55. The van der Waals surface area contributed by atoms with Crippen LogP contribution in [0.25, 0.3) is 11.3 Å². The van der Waals surface area contributed by atoms with Gasteiger partial charge in [-0.15, -0.1) is 0 Å². The molecule has 20 heavy (non-hydrogen) atoms. The number of carboxylic acids is 1. The van der Waals surface area contributed by atoms with Gasteiger partial charge in [0.15, 0.2) is 5.43 Å². The van der Waals surface area contributed by atoms with Crippen molar-refractivity contribution < 1.29 is 9.90 Å². The number of hydrogen-bond donors (Lipinski definition) is 1. The van der Waals surface area contributed by atoms with Gasteiger partial charge in [0.05, 0.1) is 5.69 Å². The number of aromatic carboxylic acids is 1. The van der Waals surface area contributed by atoms with E-state index in [1.54, 1.807) is 19.1 Å². The van der Waals surface area contributed by atoms with Crippen LogP contribution in [0.15, 0.2) is 39.6 Å². The van der Waals surface area contributed by atoms with E-state index in [-0.39, 0.29) is 5.56 Å². The predicted molar refractivity (Wildman–Crippen MR) is 81.2 cm³/mol. The fourth-order valence-electron chi connectivity index (χ4n) is 2.29. The van der Waals surface area contributed by atoms with Gasteiger partial charge in [0, 0.05) is 22.8 Å². The van der Waals surface area contributed by atoms with Gasteiger partial charge < -0.3 is 9.67 Å². The third kappa shape index (κ3) is 2.54. The molecular formula is C15H14BrNO3. The van der Waals surface area contributed by atoms with Crippen LogP contribution in [0.5, 0.6) is 0 Å². The number of carbonyl (C=O) groups is 1. The molecule has 0 spiro atoms. The Kier molecular flexibility index (Phi) is 4.09. The summed E-state index contributed by atoms with van der Waals surface area (Å²) in [6.07, 6.45) is 0. The summed E-state index contributed by atoms with van der Waals surface area (Å²) in [7, 11) is 0. The molecule has 4 nitrogen and oxygen atoms in total. The van der Waals surface area contributed by atoms with Gasteiger partial charge in [-0.1, -0.05) is 28.1 Å². The van der Waals surface area contributed by atoms with Crippen molar-refractivity contribution in [1.82, 2.24) is 4.57 Å². The highest BCUT2D eigenvalue weighted by Gasteiger charge is 2.20. The second kappa shape index (κ2) is 5.63. The first-order chi connectivity index (χ1) is 9.45. The lowest BCUT2D eigenvalue weighted by Crippen LogP contribution is -2.22. The van der Waals surface area contributed by atoms with Gasteiger partial charge >= 0.3 is 5.97 Å². The minimum absolute atomic E-state index is 0.181. The Balaban J connectivity index is 2.87. The Bertz CT molecular complexity index is 717. The molecule has 0 aliphatic rings. The van der Waals surface area contributed by atoms with Crippen molar-refractivity contribution >= 4 is 21.9 Å². The molecule has 1 aromatic carbocycles. The summed E-state index contributed by atoms with van der Waals surface area (Å²) in [6, 6.07) is 8.63. The van der Waals surface area contributed by atoms with Crippen LogP contribution in [0.2, 0.25) is 0 Å². The van der Waals surface area contributed by atoms with Crippen LogP contribution >= 0.6 is 15.9 Å². The van der Waals surface area contributed by atoms with E-state index in [0.29, 0.717) is 17.8 Å². The summed E-state index contributed by atoms with van der Waals surface area (Å²) in [5.74, 6) is -1.20. The highest BCUT2D eigenvalue weighted by atomic mass is 79.9. The molecule has 0 fully saturated rings. The van der Waals surface area contributed by atoms with Crippen LogP contribution in [-0.4, -0.2) is 15.6 Å². The number of pyridine rings is 1. The van der Waals surface area contributed by atoms with Gasteiger partial charge in [-0.2, -0.15) is 0 Å². The maximum absolute atomic E-state index is 12.0. The highest BCUT2D eigenvalue weighted by molar-refractivity contribution is 9.10. The molecule has 0 saturated carbocycles. The fraction of sp³-hybridized carbons (Fsp3) is 0.200. The Morgan fingerprint density at radius 2 is 1.90 bits per heavy atom. The van der Waals surface area contributed by atoms with Gasteiger partial charge in [-0.3, -0.25) is 4.79 Å². The molecular weight excluding hydrogens is 322 g/mol. The maximum Gasteiger partial charge on any atom is 0.341 e. The van der Waals surface area contributed by atoms with Crippen molar-refractivity contribution in [2.24, 2.45) is 0 Å². The zero-order valence-electron chi connectivity index (χ0n) is 11.2. The predicted octanol–water partition coefficient (Wildman–Crippen LogP) is 3.30. The Hall–Kier alpha value is -1.88. The van der Waals surface area contributed by atoms with Crippen LogP contribution in [0.1, 0.15) is 23.0 Å².